The Labute approximate surface area is 129 Å². The highest BCUT2D eigenvalue weighted by Crippen LogP contribution is 2.23. The maximum Gasteiger partial charge on any atom is 0.0359 e. The Morgan fingerprint density at radius 2 is 1.76 bits per heavy atom. The van der Waals surface area contributed by atoms with Crippen LogP contribution in [-0.4, -0.2) is 42.0 Å². The molecular formula is C18H29N3. The number of piperidine rings is 2. The van der Waals surface area contributed by atoms with Crippen LogP contribution in [0.25, 0.3) is 0 Å². The first-order valence-electron chi connectivity index (χ1n) is 8.54. The monoisotopic (exact) mass is 287 g/mol. The summed E-state index contributed by atoms with van der Waals surface area (Å²) in [5.74, 6) is 0. The number of benzene rings is 1. The summed E-state index contributed by atoms with van der Waals surface area (Å²) in [4.78, 5) is 5.31. The van der Waals surface area contributed by atoms with Crippen LogP contribution in [0.1, 0.15) is 43.2 Å². The standard InChI is InChI=1S/C18H29N3/c1-15-5-6-18(19)16(13-15)14-20-11-7-17(8-12-20)21-9-3-2-4-10-21/h5-6,13,17H,2-4,7-12,14,19H2,1H3. The molecule has 2 saturated heterocycles. The fourth-order valence-corrected chi connectivity index (χ4v) is 3.84. The van der Waals surface area contributed by atoms with Crippen molar-refractivity contribution in [2.75, 3.05) is 31.9 Å². The maximum atomic E-state index is 6.12. The third kappa shape index (κ3) is 3.78. The number of hydrogen-bond donors (Lipinski definition) is 1. The molecule has 0 atom stereocenters. The van der Waals surface area contributed by atoms with Gasteiger partial charge in [0, 0.05) is 18.3 Å². The average molecular weight is 287 g/mol. The van der Waals surface area contributed by atoms with E-state index in [4.69, 9.17) is 5.73 Å². The second-order valence-corrected chi connectivity index (χ2v) is 6.81. The van der Waals surface area contributed by atoms with Gasteiger partial charge in [-0.05, 0) is 70.4 Å². The highest BCUT2D eigenvalue weighted by molar-refractivity contribution is 5.48. The van der Waals surface area contributed by atoms with Gasteiger partial charge in [-0.1, -0.05) is 24.1 Å². The van der Waals surface area contributed by atoms with Crippen LogP contribution in [-0.2, 0) is 6.54 Å². The molecule has 0 saturated carbocycles. The molecule has 0 unspecified atom stereocenters. The summed E-state index contributed by atoms with van der Waals surface area (Å²) in [5.41, 5.74) is 9.66. The summed E-state index contributed by atoms with van der Waals surface area (Å²) in [7, 11) is 0. The molecule has 0 radical (unpaired) electrons. The van der Waals surface area contributed by atoms with Crippen LogP contribution < -0.4 is 5.73 Å². The Morgan fingerprint density at radius 1 is 1.05 bits per heavy atom. The Kier molecular flexibility index (Phi) is 4.81. The smallest absolute Gasteiger partial charge is 0.0359 e. The normalized spacial score (nSPS) is 22.5. The predicted octanol–water partition coefficient (Wildman–Crippen LogP) is 3.03. The molecule has 116 valence electrons. The van der Waals surface area contributed by atoms with Gasteiger partial charge >= 0.3 is 0 Å². The largest absolute Gasteiger partial charge is 0.398 e. The van der Waals surface area contributed by atoms with Crippen LogP contribution in [0, 0.1) is 6.92 Å². The molecule has 1 aromatic rings. The molecule has 2 fully saturated rings. The van der Waals surface area contributed by atoms with Crippen molar-refractivity contribution in [1.82, 2.24) is 9.80 Å². The van der Waals surface area contributed by atoms with Crippen molar-refractivity contribution in [3.63, 3.8) is 0 Å². The van der Waals surface area contributed by atoms with Crippen molar-refractivity contribution in [2.45, 2.75) is 51.6 Å². The van der Waals surface area contributed by atoms with Crippen molar-refractivity contribution in [1.29, 1.82) is 0 Å². The fraction of sp³-hybridized carbons (Fsp3) is 0.667. The first-order chi connectivity index (χ1) is 10.2. The van der Waals surface area contributed by atoms with Gasteiger partial charge in [0.25, 0.3) is 0 Å². The zero-order valence-electron chi connectivity index (χ0n) is 13.4. The zero-order chi connectivity index (χ0) is 14.7. The highest BCUT2D eigenvalue weighted by atomic mass is 15.2. The van der Waals surface area contributed by atoms with Crippen LogP contribution in [0.4, 0.5) is 5.69 Å². The summed E-state index contributed by atoms with van der Waals surface area (Å²) < 4.78 is 0. The van der Waals surface area contributed by atoms with Crippen LogP contribution in [0.5, 0.6) is 0 Å². The third-order valence-electron chi connectivity index (χ3n) is 5.16. The molecular weight excluding hydrogens is 258 g/mol. The first kappa shape index (κ1) is 14.9. The molecule has 2 aliphatic rings. The van der Waals surface area contributed by atoms with Crippen molar-refractivity contribution in [2.24, 2.45) is 0 Å². The molecule has 0 bridgehead atoms. The number of nitrogens with zero attached hydrogens (tertiary/aromatic N) is 2. The summed E-state index contributed by atoms with van der Waals surface area (Å²) in [5, 5.41) is 0. The molecule has 1 aromatic carbocycles. The molecule has 0 aromatic heterocycles. The van der Waals surface area contributed by atoms with Crippen molar-refractivity contribution < 1.29 is 0 Å². The van der Waals surface area contributed by atoms with E-state index in [1.54, 1.807) is 0 Å². The summed E-state index contributed by atoms with van der Waals surface area (Å²) >= 11 is 0. The van der Waals surface area contributed by atoms with Crippen molar-refractivity contribution in [3.8, 4) is 0 Å². The summed E-state index contributed by atoms with van der Waals surface area (Å²) in [6, 6.07) is 7.22. The van der Waals surface area contributed by atoms with E-state index in [9.17, 15) is 0 Å². The third-order valence-corrected chi connectivity index (χ3v) is 5.16. The van der Waals surface area contributed by atoms with Gasteiger partial charge in [0.15, 0.2) is 0 Å². The number of nitrogens with two attached hydrogens (primary N) is 1. The van der Waals surface area contributed by atoms with Crippen molar-refractivity contribution >= 4 is 5.69 Å². The zero-order valence-corrected chi connectivity index (χ0v) is 13.4. The fourth-order valence-electron chi connectivity index (χ4n) is 3.84. The summed E-state index contributed by atoms with van der Waals surface area (Å²) in [6.45, 7) is 8.25. The van der Waals surface area contributed by atoms with E-state index >= 15 is 0 Å². The van der Waals surface area contributed by atoms with Crippen LogP contribution in [0.2, 0.25) is 0 Å². The van der Waals surface area contributed by atoms with Gasteiger partial charge in [0.05, 0.1) is 0 Å². The lowest BCUT2D eigenvalue weighted by molar-refractivity contribution is 0.0897. The minimum absolute atomic E-state index is 0.830. The van der Waals surface area contributed by atoms with Gasteiger partial charge in [0.1, 0.15) is 0 Å². The van der Waals surface area contributed by atoms with Gasteiger partial charge in [-0.15, -0.1) is 0 Å². The Balaban J connectivity index is 1.52. The molecule has 2 N–H and O–H groups in total. The first-order valence-corrected chi connectivity index (χ1v) is 8.54. The predicted molar refractivity (Wildman–Crippen MR) is 89.3 cm³/mol. The lowest BCUT2D eigenvalue weighted by Crippen LogP contribution is -2.46. The molecule has 21 heavy (non-hydrogen) atoms. The number of aryl methyl sites for hydroxylation is 1. The number of rotatable bonds is 3. The van der Waals surface area contributed by atoms with E-state index in [1.165, 1.54) is 69.4 Å². The molecule has 2 aliphatic heterocycles. The second-order valence-electron chi connectivity index (χ2n) is 6.81. The van der Waals surface area contributed by atoms with E-state index < -0.39 is 0 Å². The van der Waals surface area contributed by atoms with E-state index in [0.717, 1.165) is 18.3 Å². The lowest BCUT2D eigenvalue weighted by atomic mass is 9.99. The van der Waals surface area contributed by atoms with Crippen LogP contribution in [0.15, 0.2) is 18.2 Å². The average Bonchev–Trinajstić information content (AvgIpc) is 2.53. The Morgan fingerprint density at radius 3 is 2.48 bits per heavy atom. The topological polar surface area (TPSA) is 32.5 Å². The van der Waals surface area contributed by atoms with E-state index in [1.807, 2.05) is 6.07 Å². The van der Waals surface area contributed by atoms with Crippen LogP contribution >= 0.6 is 0 Å². The quantitative estimate of drug-likeness (QED) is 0.867. The molecule has 3 rings (SSSR count). The van der Waals surface area contributed by atoms with E-state index in [2.05, 4.69) is 28.9 Å². The molecule has 0 spiro atoms. The molecule has 3 nitrogen and oxygen atoms in total. The van der Waals surface area contributed by atoms with Crippen LogP contribution in [0.3, 0.4) is 0 Å². The number of nitrogen functional groups attached to an aromatic ring is 1. The number of likely N-dealkylation sites (tertiary alicyclic amines) is 2. The number of hydrogen-bond acceptors (Lipinski definition) is 3. The highest BCUT2D eigenvalue weighted by Gasteiger charge is 2.25. The molecule has 0 aliphatic carbocycles. The minimum atomic E-state index is 0.830. The van der Waals surface area contributed by atoms with E-state index in [-0.39, 0.29) is 0 Å². The van der Waals surface area contributed by atoms with Crippen molar-refractivity contribution in [3.05, 3.63) is 29.3 Å². The molecule has 3 heteroatoms. The Hall–Kier alpha value is -1.06. The van der Waals surface area contributed by atoms with Gasteiger partial charge < -0.3 is 10.6 Å². The maximum absolute atomic E-state index is 6.12. The molecule has 2 heterocycles. The lowest BCUT2D eigenvalue weighted by Gasteiger charge is -2.40. The van der Waals surface area contributed by atoms with Gasteiger partial charge in [-0.3, -0.25) is 4.90 Å². The SMILES string of the molecule is Cc1ccc(N)c(CN2CCC(N3CCCCC3)CC2)c1. The van der Waals surface area contributed by atoms with Gasteiger partial charge in [0.2, 0.25) is 0 Å². The van der Waals surface area contributed by atoms with E-state index in [0.29, 0.717) is 0 Å². The number of anilines is 1. The molecule has 0 amide bonds. The van der Waals surface area contributed by atoms with Gasteiger partial charge in [-0.2, -0.15) is 0 Å². The Bertz CT molecular complexity index is 458. The minimum Gasteiger partial charge on any atom is -0.398 e. The second kappa shape index (κ2) is 6.80. The summed E-state index contributed by atoms with van der Waals surface area (Å²) in [6.07, 6.45) is 6.89. The van der Waals surface area contributed by atoms with Gasteiger partial charge in [-0.25, -0.2) is 0 Å².